The number of imidazole rings is 1. The molecule has 0 radical (unpaired) electrons. The predicted molar refractivity (Wildman–Crippen MR) is 105 cm³/mol. The number of nitrogens with one attached hydrogen (secondary N) is 4. The highest BCUT2D eigenvalue weighted by atomic mass is 35.5. The third-order valence-electron chi connectivity index (χ3n) is 4.76. The Morgan fingerprint density at radius 2 is 2.07 bits per heavy atom. The Bertz CT molecular complexity index is 1190. The van der Waals surface area contributed by atoms with Crippen LogP contribution in [0.4, 0.5) is 26.4 Å². The van der Waals surface area contributed by atoms with E-state index in [2.05, 4.69) is 40.8 Å². The Hall–Kier alpha value is -3.27. The van der Waals surface area contributed by atoms with Gasteiger partial charge < -0.3 is 15.6 Å². The minimum absolute atomic E-state index is 0.150. The van der Waals surface area contributed by atoms with Gasteiger partial charge in [0.05, 0.1) is 22.8 Å². The van der Waals surface area contributed by atoms with Crippen LogP contribution < -0.4 is 10.6 Å². The first kappa shape index (κ1) is 17.8. The molecule has 4 N–H and O–H groups in total. The zero-order valence-corrected chi connectivity index (χ0v) is 15.6. The van der Waals surface area contributed by atoms with Gasteiger partial charge in [-0.25, -0.2) is 18.7 Å². The first-order valence-corrected chi connectivity index (χ1v) is 9.25. The second kappa shape index (κ2) is 6.66. The lowest BCUT2D eigenvalue weighted by Gasteiger charge is -2.08. The van der Waals surface area contributed by atoms with Gasteiger partial charge in [0.2, 0.25) is 5.95 Å². The van der Waals surface area contributed by atoms with Crippen molar-refractivity contribution >= 4 is 40.2 Å². The second-order valence-corrected chi connectivity index (χ2v) is 7.19. The van der Waals surface area contributed by atoms with Gasteiger partial charge >= 0.3 is 0 Å². The molecule has 0 saturated heterocycles. The number of hydrogen-bond acceptors (Lipinski definition) is 6. The van der Waals surface area contributed by atoms with Gasteiger partial charge in [0, 0.05) is 30.9 Å². The quantitative estimate of drug-likeness (QED) is 0.375. The molecule has 1 fully saturated rings. The number of nitrogens with zero attached hydrogens (tertiary/aromatic N) is 4. The largest absolute Gasteiger partial charge is 0.350 e. The van der Waals surface area contributed by atoms with Crippen molar-refractivity contribution in [3.05, 3.63) is 53.1 Å². The highest BCUT2D eigenvalue weighted by molar-refractivity contribution is 6.35. The molecule has 148 valence electrons. The van der Waals surface area contributed by atoms with Gasteiger partial charge in [-0.05, 0) is 17.7 Å². The van der Waals surface area contributed by atoms with E-state index in [-0.39, 0.29) is 6.42 Å². The molecule has 1 saturated carbocycles. The standard InChI is InChI=1S/C18H15ClF2N8/c19-15-9(1-2-11-16(15)25-8-24-11)7-23-17-22-4-3-13(27-17)26-14-5-12(28-29-14)10-6-18(10,20)21/h1-5,8,10H,6-7H2,(H,24,25)(H3,22,23,26,27,28,29)/t10-/m0/s1. The normalized spacial score (nSPS) is 17.4. The van der Waals surface area contributed by atoms with Crippen LogP contribution in [0.1, 0.15) is 23.6 Å². The summed E-state index contributed by atoms with van der Waals surface area (Å²) in [7, 11) is 0. The van der Waals surface area contributed by atoms with E-state index >= 15 is 0 Å². The summed E-state index contributed by atoms with van der Waals surface area (Å²) in [4.78, 5) is 15.8. The Morgan fingerprint density at radius 1 is 1.21 bits per heavy atom. The Kier molecular flexibility index (Phi) is 4.09. The molecule has 11 heteroatoms. The average Bonchev–Trinajstić information content (AvgIpc) is 3.10. The van der Waals surface area contributed by atoms with Crippen LogP contribution >= 0.6 is 11.6 Å². The maximum Gasteiger partial charge on any atom is 0.257 e. The van der Waals surface area contributed by atoms with Crippen LogP contribution in [-0.4, -0.2) is 36.1 Å². The van der Waals surface area contributed by atoms with Gasteiger partial charge in [0.1, 0.15) is 11.3 Å². The van der Waals surface area contributed by atoms with Crippen molar-refractivity contribution in [2.24, 2.45) is 0 Å². The fraction of sp³-hybridized carbons (Fsp3) is 0.222. The third-order valence-corrected chi connectivity index (χ3v) is 5.18. The van der Waals surface area contributed by atoms with Gasteiger partial charge in [0.25, 0.3) is 5.92 Å². The monoisotopic (exact) mass is 416 g/mol. The van der Waals surface area contributed by atoms with Gasteiger partial charge in [0.15, 0.2) is 5.82 Å². The summed E-state index contributed by atoms with van der Waals surface area (Å²) in [5, 5.41) is 13.3. The van der Waals surface area contributed by atoms with Crippen LogP contribution in [0, 0.1) is 0 Å². The van der Waals surface area contributed by atoms with Crippen LogP contribution in [0.25, 0.3) is 11.0 Å². The number of rotatable bonds is 6. The molecule has 1 aliphatic carbocycles. The van der Waals surface area contributed by atoms with E-state index in [1.54, 1.807) is 24.7 Å². The SMILES string of the molecule is FC1(F)C[C@H]1c1cc(Nc2ccnc(NCc3ccc4[nH]cnc4c3Cl)n2)n[nH]1. The fourth-order valence-corrected chi connectivity index (χ4v) is 3.38. The maximum atomic E-state index is 13.2. The average molecular weight is 417 g/mol. The summed E-state index contributed by atoms with van der Waals surface area (Å²) in [6.45, 7) is 0.411. The van der Waals surface area contributed by atoms with E-state index < -0.39 is 11.8 Å². The summed E-state index contributed by atoms with van der Waals surface area (Å²) >= 11 is 6.40. The fourth-order valence-electron chi connectivity index (χ4n) is 3.10. The van der Waals surface area contributed by atoms with Gasteiger partial charge in [-0.2, -0.15) is 10.1 Å². The van der Waals surface area contributed by atoms with E-state index in [0.29, 0.717) is 40.4 Å². The van der Waals surface area contributed by atoms with Crippen LogP contribution in [0.15, 0.2) is 36.8 Å². The van der Waals surface area contributed by atoms with E-state index in [9.17, 15) is 8.78 Å². The zero-order valence-electron chi connectivity index (χ0n) is 14.9. The number of aromatic nitrogens is 6. The second-order valence-electron chi connectivity index (χ2n) is 6.81. The number of aromatic amines is 2. The lowest BCUT2D eigenvalue weighted by Crippen LogP contribution is -2.05. The molecule has 1 aromatic carbocycles. The maximum absolute atomic E-state index is 13.2. The topological polar surface area (TPSA) is 107 Å². The molecule has 0 unspecified atom stereocenters. The van der Waals surface area contributed by atoms with Crippen molar-refractivity contribution in [1.29, 1.82) is 0 Å². The van der Waals surface area contributed by atoms with E-state index in [0.717, 1.165) is 11.1 Å². The van der Waals surface area contributed by atoms with Crippen molar-refractivity contribution in [1.82, 2.24) is 30.1 Å². The van der Waals surface area contributed by atoms with Crippen LogP contribution in [-0.2, 0) is 6.54 Å². The molecule has 8 nitrogen and oxygen atoms in total. The number of hydrogen-bond donors (Lipinski definition) is 4. The van der Waals surface area contributed by atoms with Crippen LogP contribution in [0.5, 0.6) is 0 Å². The predicted octanol–water partition coefficient (Wildman–Crippen LogP) is 4.21. The van der Waals surface area contributed by atoms with E-state index in [1.165, 1.54) is 0 Å². The molecule has 1 atom stereocenters. The zero-order chi connectivity index (χ0) is 20.0. The first-order chi connectivity index (χ1) is 14.0. The van der Waals surface area contributed by atoms with E-state index in [1.807, 2.05) is 12.1 Å². The molecule has 3 aromatic heterocycles. The van der Waals surface area contributed by atoms with Crippen molar-refractivity contribution in [3.63, 3.8) is 0 Å². The van der Waals surface area contributed by atoms with Gasteiger partial charge in [-0.15, -0.1) is 0 Å². The smallest absolute Gasteiger partial charge is 0.257 e. The molecule has 0 spiro atoms. The summed E-state index contributed by atoms with van der Waals surface area (Å²) in [5.41, 5.74) is 2.84. The van der Waals surface area contributed by atoms with Gasteiger partial charge in [-0.3, -0.25) is 5.10 Å². The number of alkyl halides is 2. The summed E-state index contributed by atoms with van der Waals surface area (Å²) in [6, 6.07) is 7.03. The molecule has 0 amide bonds. The molecule has 1 aliphatic rings. The van der Waals surface area contributed by atoms with Crippen molar-refractivity contribution in [3.8, 4) is 0 Å². The minimum atomic E-state index is -2.64. The number of H-pyrrole nitrogens is 2. The summed E-state index contributed by atoms with van der Waals surface area (Å²) < 4.78 is 26.4. The summed E-state index contributed by atoms with van der Waals surface area (Å²) in [6.07, 6.45) is 3.03. The number of anilines is 3. The molecule has 29 heavy (non-hydrogen) atoms. The van der Waals surface area contributed by atoms with Gasteiger partial charge in [-0.1, -0.05) is 17.7 Å². The highest BCUT2D eigenvalue weighted by Crippen LogP contribution is 2.55. The van der Waals surface area contributed by atoms with E-state index in [4.69, 9.17) is 11.6 Å². The molecule has 3 heterocycles. The van der Waals surface area contributed by atoms with Crippen LogP contribution in [0.3, 0.4) is 0 Å². The number of fused-ring (bicyclic) bond motifs is 1. The van der Waals surface area contributed by atoms with Crippen molar-refractivity contribution in [2.45, 2.75) is 24.8 Å². The van der Waals surface area contributed by atoms with Crippen LogP contribution in [0.2, 0.25) is 5.02 Å². The lowest BCUT2D eigenvalue weighted by atomic mass is 10.2. The van der Waals surface area contributed by atoms with Crippen molar-refractivity contribution < 1.29 is 8.78 Å². The molecular weight excluding hydrogens is 402 g/mol. The molecule has 0 aliphatic heterocycles. The number of benzene rings is 1. The lowest BCUT2D eigenvalue weighted by molar-refractivity contribution is 0.111. The minimum Gasteiger partial charge on any atom is -0.350 e. The third kappa shape index (κ3) is 3.46. The number of halogens is 3. The molecule has 0 bridgehead atoms. The Labute approximate surface area is 168 Å². The highest BCUT2D eigenvalue weighted by Gasteiger charge is 2.58. The molecule has 4 aromatic rings. The Morgan fingerprint density at radius 3 is 2.90 bits per heavy atom. The molecule has 5 rings (SSSR count). The molecular formula is C18H15ClF2N8. The summed E-state index contributed by atoms with van der Waals surface area (Å²) in [5.74, 6) is -2.14. The Balaban J connectivity index is 1.27. The van der Waals surface area contributed by atoms with Crippen molar-refractivity contribution in [2.75, 3.05) is 10.6 Å². The first-order valence-electron chi connectivity index (χ1n) is 8.87.